The Balaban J connectivity index is 1.49. The molecule has 1 atom stereocenters. The first kappa shape index (κ1) is 17.2. The molecular formula is C19H28N2O3. The molecule has 2 aliphatic rings. The van der Waals surface area contributed by atoms with E-state index in [2.05, 4.69) is 11.9 Å². The van der Waals surface area contributed by atoms with Crippen molar-refractivity contribution < 1.29 is 14.3 Å². The van der Waals surface area contributed by atoms with Crippen molar-refractivity contribution in [3.05, 3.63) is 30.3 Å². The second-order valence-electron chi connectivity index (χ2n) is 6.97. The monoisotopic (exact) mass is 332 g/mol. The van der Waals surface area contributed by atoms with E-state index in [4.69, 9.17) is 9.47 Å². The topological polar surface area (TPSA) is 42.0 Å². The Morgan fingerprint density at radius 3 is 2.58 bits per heavy atom. The van der Waals surface area contributed by atoms with Crippen LogP contribution in [0.15, 0.2) is 30.3 Å². The molecule has 0 aromatic heterocycles. The van der Waals surface area contributed by atoms with Gasteiger partial charge >= 0.3 is 0 Å². The van der Waals surface area contributed by atoms with Crippen molar-refractivity contribution in [3.8, 4) is 5.75 Å². The highest BCUT2D eigenvalue weighted by atomic mass is 16.5. The molecule has 1 aromatic carbocycles. The Labute approximate surface area is 144 Å². The average molecular weight is 332 g/mol. The van der Waals surface area contributed by atoms with Crippen LogP contribution in [0, 0.1) is 0 Å². The van der Waals surface area contributed by atoms with E-state index < -0.39 is 0 Å². The Morgan fingerprint density at radius 1 is 1.21 bits per heavy atom. The van der Waals surface area contributed by atoms with Gasteiger partial charge in [-0.1, -0.05) is 18.2 Å². The number of carbonyl (C=O) groups is 1. The van der Waals surface area contributed by atoms with Crippen molar-refractivity contribution in [1.29, 1.82) is 0 Å². The van der Waals surface area contributed by atoms with Crippen LogP contribution < -0.4 is 4.74 Å². The molecule has 0 saturated carbocycles. The van der Waals surface area contributed by atoms with Crippen LogP contribution in [0.2, 0.25) is 0 Å². The summed E-state index contributed by atoms with van der Waals surface area (Å²) in [6.45, 7) is 2.56. The molecule has 1 amide bonds. The molecule has 2 aliphatic heterocycles. The van der Waals surface area contributed by atoms with Crippen molar-refractivity contribution in [3.63, 3.8) is 0 Å². The van der Waals surface area contributed by atoms with Gasteiger partial charge in [0.25, 0.3) is 5.91 Å². The van der Waals surface area contributed by atoms with Crippen LogP contribution in [0.25, 0.3) is 0 Å². The minimum absolute atomic E-state index is 0.0859. The van der Waals surface area contributed by atoms with Crippen molar-refractivity contribution in [2.75, 3.05) is 40.5 Å². The maximum Gasteiger partial charge on any atom is 0.260 e. The first-order valence-corrected chi connectivity index (χ1v) is 8.82. The Bertz CT molecular complexity index is 541. The quantitative estimate of drug-likeness (QED) is 0.829. The first-order chi connectivity index (χ1) is 11.6. The van der Waals surface area contributed by atoms with Crippen molar-refractivity contribution in [1.82, 2.24) is 9.80 Å². The Kier molecular flexibility index (Phi) is 5.41. The summed E-state index contributed by atoms with van der Waals surface area (Å²) >= 11 is 0. The zero-order chi connectivity index (χ0) is 17.0. The summed E-state index contributed by atoms with van der Waals surface area (Å²) in [4.78, 5) is 16.8. The molecule has 1 aromatic rings. The highest BCUT2D eigenvalue weighted by Crippen LogP contribution is 2.40. The summed E-state index contributed by atoms with van der Waals surface area (Å²) < 4.78 is 10.9. The molecule has 5 heteroatoms. The van der Waals surface area contributed by atoms with Crippen LogP contribution in [-0.4, -0.2) is 67.7 Å². The predicted molar refractivity (Wildman–Crippen MR) is 93.1 cm³/mol. The van der Waals surface area contributed by atoms with E-state index in [1.807, 2.05) is 35.2 Å². The number of benzene rings is 1. The summed E-state index contributed by atoms with van der Waals surface area (Å²) in [6, 6.07) is 10.0. The van der Waals surface area contributed by atoms with Gasteiger partial charge in [0, 0.05) is 31.8 Å². The summed E-state index contributed by atoms with van der Waals surface area (Å²) in [7, 11) is 3.99. The van der Waals surface area contributed by atoms with Gasteiger partial charge in [-0.2, -0.15) is 0 Å². The SMILES string of the molecule is COCC1CCC2(CCN(C(=O)COc3ccccc3)CC2)N1C. The van der Waals surface area contributed by atoms with E-state index in [0.29, 0.717) is 6.04 Å². The largest absolute Gasteiger partial charge is 0.484 e. The molecule has 5 nitrogen and oxygen atoms in total. The maximum atomic E-state index is 12.4. The van der Waals surface area contributed by atoms with Crippen LogP contribution in [0.1, 0.15) is 25.7 Å². The summed E-state index contributed by atoms with van der Waals surface area (Å²) in [5.41, 5.74) is 0.250. The number of para-hydroxylation sites is 1. The number of amides is 1. The van der Waals surface area contributed by atoms with Crippen LogP contribution in [0.5, 0.6) is 5.75 Å². The molecule has 0 N–H and O–H groups in total. The van der Waals surface area contributed by atoms with Gasteiger partial charge in [-0.15, -0.1) is 0 Å². The number of nitrogens with zero attached hydrogens (tertiary/aromatic N) is 2. The van der Waals surface area contributed by atoms with E-state index in [9.17, 15) is 4.79 Å². The number of hydrogen-bond donors (Lipinski definition) is 0. The number of rotatable bonds is 5. The van der Waals surface area contributed by atoms with Crippen LogP contribution in [-0.2, 0) is 9.53 Å². The third kappa shape index (κ3) is 3.57. The molecule has 0 bridgehead atoms. The standard InChI is InChI=1S/C19H28N2O3/c1-20-16(14-23-2)8-9-19(20)10-12-21(13-11-19)18(22)15-24-17-6-4-3-5-7-17/h3-7,16H,8-15H2,1-2H3. The van der Waals surface area contributed by atoms with E-state index in [-0.39, 0.29) is 18.1 Å². The smallest absolute Gasteiger partial charge is 0.260 e. The first-order valence-electron chi connectivity index (χ1n) is 8.82. The minimum atomic E-state index is 0.0859. The number of likely N-dealkylation sites (N-methyl/N-ethyl adjacent to an activating group) is 1. The second kappa shape index (κ2) is 7.53. The number of hydrogen-bond acceptors (Lipinski definition) is 4. The highest BCUT2D eigenvalue weighted by molar-refractivity contribution is 5.77. The fourth-order valence-electron chi connectivity index (χ4n) is 4.11. The zero-order valence-corrected chi connectivity index (χ0v) is 14.7. The fraction of sp³-hybridized carbons (Fsp3) is 0.632. The van der Waals surface area contributed by atoms with Gasteiger partial charge in [-0.05, 0) is 44.9 Å². The van der Waals surface area contributed by atoms with Gasteiger partial charge < -0.3 is 14.4 Å². The molecule has 2 fully saturated rings. The van der Waals surface area contributed by atoms with Gasteiger partial charge in [-0.25, -0.2) is 0 Å². The number of likely N-dealkylation sites (tertiary alicyclic amines) is 2. The lowest BCUT2D eigenvalue weighted by Gasteiger charge is -2.45. The maximum absolute atomic E-state index is 12.4. The zero-order valence-electron chi connectivity index (χ0n) is 14.7. The lowest BCUT2D eigenvalue weighted by molar-refractivity contribution is -0.136. The van der Waals surface area contributed by atoms with Gasteiger partial charge in [0.1, 0.15) is 5.75 Å². The molecule has 1 unspecified atom stereocenters. The minimum Gasteiger partial charge on any atom is -0.484 e. The summed E-state index contributed by atoms with van der Waals surface area (Å²) in [5.74, 6) is 0.833. The van der Waals surface area contributed by atoms with Crippen molar-refractivity contribution in [2.24, 2.45) is 0 Å². The molecule has 3 rings (SSSR count). The van der Waals surface area contributed by atoms with E-state index >= 15 is 0 Å². The number of methoxy groups -OCH3 is 1. The van der Waals surface area contributed by atoms with Crippen LogP contribution in [0.3, 0.4) is 0 Å². The predicted octanol–water partition coefficient (Wildman–Crippen LogP) is 2.17. The molecule has 2 heterocycles. The summed E-state index contributed by atoms with van der Waals surface area (Å²) in [5, 5.41) is 0. The molecule has 24 heavy (non-hydrogen) atoms. The third-order valence-electron chi connectivity index (χ3n) is 5.75. The van der Waals surface area contributed by atoms with Gasteiger partial charge in [0.05, 0.1) is 6.61 Å². The van der Waals surface area contributed by atoms with Gasteiger partial charge in [0.15, 0.2) is 6.61 Å². The molecule has 0 aliphatic carbocycles. The molecule has 1 spiro atoms. The Morgan fingerprint density at radius 2 is 1.92 bits per heavy atom. The molecular weight excluding hydrogens is 304 g/mol. The van der Waals surface area contributed by atoms with Crippen molar-refractivity contribution in [2.45, 2.75) is 37.3 Å². The lowest BCUT2D eigenvalue weighted by Crippen LogP contribution is -2.54. The van der Waals surface area contributed by atoms with Crippen molar-refractivity contribution >= 4 is 5.91 Å². The van der Waals surface area contributed by atoms with Gasteiger partial charge in [0.2, 0.25) is 0 Å². The number of ether oxygens (including phenoxy) is 2. The fourth-order valence-corrected chi connectivity index (χ4v) is 4.11. The summed E-state index contributed by atoms with van der Waals surface area (Å²) in [6.07, 6.45) is 4.48. The van der Waals surface area contributed by atoms with E-state index in [1.165, 1.54) is 12.8 Å². The number of piperidine rings is 1. The van der Waals surface area contributed by atoms with Crippen LogP contribution in [0.4, 0.5) is 0 Å². The molecule has 132 valence electrons. The molecule has 0 radical (unpaired) electrons. The van der Waals surface area contributed by atoms with E-state index in [0.717, 1.165) is 38.3 Å². The molecule has 2 saturated heterocycles. The van der Waals surface area contributed by atoms with Crippen LogP contribution >= 0.6 is 0 Å². The highest BCUT2D eigenvalue weighted by Gasteiger charge is 2.46. The lowest BCUT2D eigenvalue weighted by atomic mass is 9.85. The third-order valence-corrected chi connectivity index (χ3v) is 5.75. The normalized spacial score (nSPS) is 23.6. The van der Waals surface area contributed by atoms with Gasteiger partial charge in [-0.3, -0.25) is 9.69 Å². The number of carbonyl (C=O) groups excluding carboxylic acids is 1. The average Bonchev–Trinajstić information content (AvgIpc) is 2.91. The van der Waals surface area contributed by atoms with E-state index in [1.54, 1.807) is 7.11 Å². The second-order valence-corrected chi connectivity index (χ2v) is 6.97. The Hall–Kier alpha value is -1.59.